The molecule has 160 valence electrons. The van der Waals surface area contributed by atoms with Crippen molar-refractivity contribution in [3.63, 3.8) is 0 Å². The first-order chi connectivity index (χ1) is 14.3. The van der Waals surface area contributed by atoms with Crippen molar-refractivity contribution in [1.29, 1.82) is 0 Å². The Morgan fingerprint density at radius 3 is 2.97 bits per heavy atom. The summed E-state index contributed by atoms with van der Waals surface area (Å²) in [6, 6.07) is 1.23. The van der Waals surface area contributed by atoms with Gasteiger partial charge in [0.1, 0.15) is 30.5 Å². The van der Waals surface area contributed by atoms with Crippen molar-refractivity contribution in [2.75, 3.05) is 12.4 Å². The number of anilines is 1. The van der Waals surface area contributed by atoms with Gasteiger partial charge in [-0.25, -0.2) is 9.97 Å². The van der Waals surface area contributed by atoms with Crippen LogP contribution in [0.25, 0.3) is 0 Å². The lowest BCUT2D eigenvalue weighted by atomic mass is 10.1. The molecule has 2 aromatic heterocycles. The van der Waals surface area contributed by atoms with E-state index in [1.807, 2.05) is 4.72 Å². The highest BCUT2D eigenvalue weighted by molar-refractivity contribution is 7.84. The molecule has 2 heterocycles. The summed E-state index contributed by atoms with van der Waals surface area (Å²) in [4.78, 5) is 20.9. The van der Waals surface area contributed by atoms with Gasteiger partial charge in [-0.15, -0.1) is 5.92 Å². The van der Waals surface area contributed by atoms with Gasteiger partial charge in [0.05, 0.1) is 11.7 Å². The lowest BCUT2D eigenvalue weighted by Crippen LogP contribution is -2.31. The third-order valence-electron chi connectivity index (χ3n) is 4.56. The maximum atomic E-state index is 12.9. The topological polar surface area (TPSA) is 148 Å². The molecule has 0 saturated heterocycles. The molecule has 3 rings (SSSR count). The van der Waals surface area contributed by atoms with Crippen LogP contribution in [0.3, 0.4) is 0 Å². The van der Waals surface area contributed by atoms with Crippen molar-refractivity contribution in [1.82, 2.24) is 24.5 Å². The Labute approximate surface area is 174 Å². The number of aliphatic hydroxyl groups is 1. The second kappa shape index (κ2) is 9.31. The quantitative estimate of drug-likeness (QED) is 0.376. The van der Waals surface area contributed by atoms with Crippen LogP contribution in [0.5, 0.6) is 0 Å². The largest absolute Gasteiger partial charge is 0.390 e. The first kappa shape index (κ1) is 21.8. The van der Waals surface area contributed by atoms with Gasteiger partial charge >= 0.3 is 10.3 Å². The summed E-state index contributed by atoms with van der Waals surface area (Å²) in [5, 5.41) is 17.4. The zero-order valence-corrected chi connectivity index (χ0v) is 17.3. The lowest BCUT2D eigenvalue weighted by Gasteiger charge is -2.15. The molecule has 0 aromatic carbocycles. The zero-order valence-electron chi connectivity index (χ0n) is 16.4. The second-order valence-electron chi connectivity index (χ2n) is 6.61. The van der Waals surface area contributed by atoms with E-state index in [2.05, 4.69) is 32.2 Å². The van der Waals surface area contributed by atoms with Crippen LogP contribution >= 0.6 is 0 Å². The molecule has 1 aliphatic rings. The summed E-state index contributed by atoms with van der Waals surface area (Å²) in [6.45, 7) is 2.09. The minimum atomic E-state index is -3.93. The third kappa shape index (κ3) is 5.19. The van der Waals surface area contributed by atoms with E-state index < -0.39 is 22.5 Å². The normalized spacial score (nSPS) is 21.1. The minimum Gasteiger partial charge on any atom is -0.390 e. The number of ketones is 1. The van der Waals surface area contributed by atoms with E-state index in [0.717, 1.165) is 0 Å². The van der Waals surface area contributed by atoms with Gasteiger partial charge in [-0.05, 0) is 25.8 Å². The van der Waals surface area contributed by atoms with E-state index >= 15 is 0 Å². The molecule has 0 amide bonds. The first-order valence-corrected chi connectivity index (χ1v) is 10.6. The number of hydrogen-bond donors (Lipinski definition) is 3. The number of aromatic nitrogens is 4. The van der Waals surface area contributed by atoms with E-state index in [-0.39, 0.29) is 41.7 Å². The van der Waals surface area contributed by atoms with E-state index in [0.29, 0.717) is 6.54 Å². The fourth-order valence-corrected chi connectivity index (χ4v) is 3.71. The number of carbonyl (C=O) groups is 1. The predicted molar refractivity (Wildman–Crippen MR) is 107 cm³/mol. The Balaban J connectivity index is 1.73. The van der Waals surface area contributed by atoms with Crippen molar-refractivity contribution < 1.29 is 22.5 Å². The van der Waals surface area contributed by atoms with Crippen LogP contribution in [0.2, 0.25) is 0 Å². The van der Waals surface area contributed by atoms with Crippen LogP contribution in [0.15, 0.2) is 24.8 Å². The zero-order chi connectivity index (χ0) is 21.7. The summed E-state index contributed by atoms with van der Waals surface area (Å²) in [7, 11) is -2.71. The third-order valence-corrected chi connectivity index (χ3v) is 5.56. The van der Waals surface area contributed by atoms with Gasteiger partial charge in [0.25, 0.3) is 0 Å². The molecule has 0 aliphatic heterocycles. The molecule has 1 fully saturated rings. The molecular weight excluding hydrogens is 412 g/mol. The Kier molecular flexibility index (Phi) is 6.78. The summed E-state index contributed by atoms with van der Waals surface area (Å²) >= 11 is 0. The molecule has 0 unspecified atom stereocenters. The lowest BCUT2D eigenvalue weighted by molar-refractivity contribution is 0.0636. The second-order valence-corrected chi connectivity index (χ2v) is 8.12. The molecule has 12 heteroatoms. The fraction of sp³-hybridized carbons (Fsp3) is 0.444. The SMILES string of the molecule is CC#CCn1ccc(C(=O)c2cncnc2N[C@@H]2C[C@H](O)[C@H](OS(=O)(=O)NC)C2)n1. The Morgan fingerprint density at radius 1 is 1.43 bits per heavy atom. The van der Waals surface area contributed by atoms with Gasteiger partial charge < -0.3 is 10.4 Å². The average molecular weight is 434 g/mol. The number of aliphatic hydroxyl groups excluding tert-OH is 1. The Morgan fingerprint density at radius 2 is 2.23 bits per heavy atom. The van der Waals surface area contributed by atoms with Crippen LogP contribution in [0.4, 0.5) is 5.82 Å². The molecule has 2 aromatic rings. The van der Waals surface area contributed by atoms with E-state index in [1.54, 1.807) is 23.9 Å². The van der Waals surface area contributed by atoms with Crippen LogP contribution in [0.1, 0.15) is 35.8 Å². The molecule has 11 nitrogen and oxygen atoms in total. The summed E-state index contributed by atoms with van der Waals surface area (Å²) in [5.41, 5.74) is 0.435. The van der Waals surface area contributed by atoms with Crippen LogP contribution < -0.4 is 10.0 Å². The van der Waals surface area contributed by atoms with Crippen LogP contribution in [0, 0.1) is 11.8 Å². The number of nitrogens with one attached hydrogen (secondary N) is 2. The smallest absolute Gasteiger partial charge is 0.335 e. The van der Waals surface area contributed by atoms with Gasteiger partial charge in [-0.1, -0.05) is 5.92 Å². The first-order valence-electron chi connectivity index (χ1n) is 9.17. The molecule has 1 saturated carbocycles. The highest BCUT2D eigenvalue weighted by Gasteiger charge is 2.37. The van der Waals surface area contributed by atoms with Crippen molar-refractivity contribution in [3.8, 4) is 11.8 Å². The van der Waals surface area contributed by atoms with Crippen molar-refractivity contribution in [3.05, 3.63) is 36.0 Å². The molecule has 30 heavy (non-hydrogen) atoms. The van der Waals surface area contributed by atoms with Crippen molar-refractivity contribution >= 4 is 21.9 Å². The van der Waals surface area contributed by atoms with Gasteiger partial charge in [0.15, 0.2) is 0 Å². The van der Waals surface area contributed by atoms with Gasteiger partial charge in [0.2, 0.25) is 5.78 Å². The fourth-order valence-electron chi connectivity index (χ4n) is 3.08. The Hall–Kier alpha value is -2.85. The molecule has 0 spiro atoms. The standard InChI is InChI=1S/C18H22N6O5S/c1-3-4-6-24-7-5-14(23-24)17(26)13-10-20-11-21-18(13)22-12-8-15(25)16(9-12)29-30(27,28)19-2/h5,7,10-12,15-16,19,25H,6,8-9H2,1-2H3,(H,20,21,22)/t12-,15+,16-/m1/s1. The van der Waals surface area contributed by atoms with Crippen LogP contribution in [-0.4, -0.2) is 64.4 Å². The molecule has 3 atom stereocenters. The molecule has 0 bridgehead atoms. The van der Waals surface area contributed by atoms with Crippen LogP contribution in [-0.2, 0) is 21.0 Å². The number of nitrogens with zero attached hydrogens (tertiary/aromatic N) is 4. The highest BCUT2D eigenvalue weighted by atomic mass is 32.2. The van der Waals surface area contributed by atoms with Crippen molar-refractivity contribution in [2.45, 2.75) is 44.6 Å². The number of hydrogen-bond acceptors (Lipinski definition) is 9. The number of rotatable bonds is 8. The van der Waals surface area contributed by atoms with Gasteiger partial charge in [-0.2, -0.15) is 18.2 Å². The van der Waals surface area contributed by atoms with E-state index in [4.69, 9.17) is 4.18 Å². The molecule has 0 radical (unpaired) electrons. The van der Waals surface area contributed by atoms with Crippen molar-refractivity contribution in [2.24, 2.45) is 0 Å². The van der Waals surface area contributed by atoms with E-state index in [9.17, 15) is 18.3 Å². The molecule has 3 N–H and O–H groups in total. The minimum absolute atomic E-state index is 0.212. The maximum absolute atomic E-state index is 12.9. The summed E-state index contributed by atoms with van der Waals surface area (Å²) in [6.07, 6.45) is 2.88. The van der Waals surface area contributed by atoms with Gasteiger partial charge in [-0.3, -0.25) is 13.7 Å². The predicted octanol–water partition coefficient (Wildman–Crippen LogP) is -0.288. The summed E-state index contributed by atoms with van der Waals surface area (Å²) < 4.78 is 31.7. The summed E-state index contributed by atoms with van der Waals surface area (Å²) in [5.74, 6) is 5.53. The monoisotopic (exact) mass is 434 g/mol. The number of carbonyl (C=O) groups excluding carboxylic acids is 1. The van der Waals surface area contributed by atoms with Gasteiger partial charge in [0, 0.05) is 25.5 Å². The molecular formula is C18H22N6O5S. The van der Waals surface area contributed by atoms with E-state index in [1.165, 1.54) is 19.6 Å². The molecule has 1 aliphatic carbocycles. The Bertz CT molecular complexity index is 1070. The average Bonchev–Trinajstić information content (AvgIpc) is 3.33. The highest BCUT2D eigenvalue weighted by Crippen LogP contribution is 2.27. The maximum Gasteiger partial charge on any atom is 0.335 e.